The van der Waals surface area contributed by atoms with Gasteiger partial charge in [-0.3, -0.25) is 0 Å². The Balaban J connectivity index is 2.24. The van der Waals surface area contributed by atoms with Gasteiger partial charge in [0.1, 0.15) is 11.4 Å². The molecule has 4 heteroatoms. The van der Waals surface area contributed by atoms with E-state index in [2.05, 4.69) is 16.8 Å². The molecule has 1 aromatic heterocycles. The topological polar surface area (TPSA) is 53.4 Å². The molecule has 2 rings (SSSR count). The van der Waals surface area contributed by atoms with E-state index < -0.39 is 5.97 Å². The summed E-state index contributed by atoms with van der Waals surface area (Å²) in [5, 5.41) is 9.08. The van der Waals surface area contributed by atoms with Crippen molar-refractivity contribution in [3.8, 4) is 0 Å². The molecule has 0 radical (unpaired) electrons. The third-order valence-corrected chi connectivity index (χ3v) is 3.18. The van der Waals surface area contributed by atoms with Crippen molar-refractivity contribution >= 4 is 11.8 Å². The van der Waals surface area contributed by atoms with Crippen molar-refractivity contribution in [2.75, 3.05) is 18.0 Å². The van der Waals surface area contributed by atoms with Gasteiger partial charge in [0.2, 0.25) is 0 Å². The zero-order valence-corrected chi connectivity index (χ0v) is 9.39. The van der Waals surface area contributed by atoms with Gasteiger partial charge in [-0.05, 0) is 24.5 Å². The molecule has 2 heterocycles. The highest BCUT2D eigenvalue weighted by molar-refractivity contribution is 5.93. The zero-order chi connectivity index (χ0) is 11.5. The summed E-state index contributed by atoms with van der Waals surface area (Å²) in [6, 6.07) is 3.28. The summed E-state index contributed by atoms with van der Waals surface area (Å²) in [6.07, 6.45) is 3.93. The fraction of sp³-hybridized carbons (Fsp3) is 0.500. The van der Waals surface area contributed by atoms with E-state index in [-0.39, 0.29) is 0 Å². The van der Waals surface area contributed by atoms with Crippen LogP contribution < -0.4 is 4.90 Å². The molecular weight excluding hydrogens is 204 g/mol. The van der Waals surface area contributed by atoms with Crippen LogP contribution in [0.2, 0.25) is 0 Å². The Labute approximate surface area is 94.9 Å². The van der Waals surface area contributed by atoms with E-state index in [4.69, 9.17) is 5.11 Å². The number of rotatable bonds is 3. The molecule has 1 fully saturated rings. The molecule has 0 amide bonds. The van der Waals surface area contributed by atoms with Crippen molar-refractivity contribution in [2.24, 2.45) is 5.92 Å². The first kappa shape index (κ1) is 10.9. The molecule has 86 valence electrons. The largest absolute Gasteiger partial charge is 0.478 e. The van der Waals surface area contributed by atoms with E-state index in [0.717, 1.165) is 25.9 Å². The minimum absolute atomic E-state index is 0.305. The Bertz CT molecular complexity index is 392. The van der Waals surface area contributed by atoms with Gasteiger partial charge in [-0.1, -0.05) is 13.3 Å². The normalized spacial score (nSPS) is 20.1. The quantitative estimate of drug-likeness (QED) is 0.846. The lowest BCUT2D eigenvalue weighted by atomic mass is 10.1. The highest BCUT2D eigenvalue weighted by Crippen LogP contribution is 2.26. The average molecular weight is 220 g/mol. The molecule has 0 spiro atoms. The first-order chi connectivity index (χ1) is 7.72. The van der Waals surface area contributed by atoms with Crippen LogP contribution in [0.1, 0.15) is 30.1 Å². The van der Waals surface area contributed by atoms with Gasteiger partial charge in [0.05, 0.1) is 0 Å². The Morgan fingerprint density at radius 3 is 3.12 bits per heavy atom. The van der Waals surface area contributed by atoms with Gasteiger partial charge in [0.25, 0.3) is 0 Å². The molecule has 1 N–H and O–H groups in total. The van der Waals surface area contributed by atoms with E-state index in [1.165, 1.54) is 0 Å². The second-order valence-corrected chi connectivity index (χ2v) is 4.19. The van der Waals surface area contributed by atoms with Crippen LogP contribution in [0, 0.1) is 5.92 Å². The van der Waals surface area contributed by atoms with Gasteiger partial charge in [-0.15, -0.1) is 0 Å². The molecule has 0 aromatic carbocycles. The summed E-state index contributed by atoms with van der Waals surface area (Å²) in [5.74, 6) is 0.387. The average Bonchev–Trinajstić information content (AvgIpc) is 2.77. The summed E-state index contributed by atoms with van der Waals surface area (Å²) >= 11 is 0. The third-order valence-electron chi connectivity index (χ3n) is 3.18. The lowest BCUT2D eigenvalue weighted by Gasteiger charge is -2.18. The smallest absolute Gasteiger partial charge is 0.339 e. The second kappa shape index (κ2) is 4.51. The van der Waals surface area contributed by atoms with Crippen molar-refractivity contribution in [1.29, 1.82) is 0 Å². The predicted octanol–water partition coefficient (Wildman–Crippen LogP) is 2.02. The number of hydrogen-bond donors (Lipinski definition) is 1. The maximum atomic E-state index is 11.1. The number of aromatic nitrogens is 1. The molecule has 1 unspecified atom stereocenters. The maximum Gasteiger partial charge on any atom is 0.339 e. The molecular formula is C12H16N2O2. The predicted molar refractivity (Wildman–Crippen MR) is 61.8 cm³/mol. The van der Waals surface area contributed by atoms with Gasteiger partial charge in [0.15, 0.2) is 0 Å². The van der Waals surface area contributed by atoms with Crippen LogP contribution in [0.4, 0.5) is 5.82 Å². The summed E-state index contributed by atoms with van der Waals surface area (Å²) in [6.45, 7) is 4.01. The van der Waals surface area contributed by atoms with Crippen LogP contribution in [-0.2, 0) is 0 Å². The summed E-state index contributed by atoms with van der Waals surface area (Å²) in [4.78, 5) is 17.3. The van der Waals surface area contributed by atoms with E-state index >= 15 is 0 Å². The van der Waals surface area contributed by atoms with E-state index in [9.17, 15) is 4.79 Å². The van der Waals surface area contributed by atoms with E-state index in [0.29, 0.717) is 17.3 Å². The Hall–Kier alpha value is -1.58. The van der Waals surface area contributed by atoms with Gasteiger partial charge >= 0.3 is 5.97 Å². The molecule has 1 atom stereocenters. The number of carboxylic acid groups (broad SMARTS) is 1. The Morgan fingerprint density at radius 2 is 2.50 bits per heavy atom. The molecule has 1 aliphatic heterocycles. The van der Waals surface area contributed by atoms with Crippen LogP contribution in [0.3, 0.4) is 0 Å². The number of aromatic carboxylic acids is 1. The van der Waals surface area contributed by atoms with Crippen molar-refractivity contribution in [2.45, 2.75) is 19.8 Å². The monoisotopic (exact) mass is 220 g/mol. The minimum atomic E-state index is -0.900. The number of hydrogen-bond acceptors (Lipinski definition) is 3. The fourth-order valence-corrected chi connectivity index (χ4v) is 2.17. The number of anilines is 1. The van der Waals surface area contributed by atoms with Crippen LogP contribution >= 0.6 is 0 Å². The van der Waals surface area contributed by atoms with Crippen LogP contribution in [0.25, 0.3) is 0 Å². The molecule has 0 bridgehead atoms. The van der Waals surface area contributed by atoms with Gasteiger partial charge in [-0.25, -0.2) is 9.78 Å². The van der Waals surface area contributed by atoms with Gasteiger partial charge in [0, 0.05) is 19.3 Å². The second-order valence-electron chi connectivity index (χ2n) is 4.19. The SMILES string of the molecule is CCC1CCN(c2ncccc2C(=O)O)C1. The standard InChI is InChI=1S/C12H16N2O2/c1-2-9-5-7-14(8-9)11-10(12(15)16)4-3-6-13-11/h3-4,6,9H,2,5,7-8H2,1H3,(H,15,16). The van der Waals surface area contributed by atoms with Gasteiger partial charge < -0.3 is 10.0 Å². The summed E-state index contributed by atoms with van der Waals surface area (Å²) in [7, 11) is 0. The fourth-order valence-electron chi connectivity index (χ4n) is 2.17. The lowest BCUT2D eigenvalue weighted by molar-refractivity contribution is 0.0697. The number of pyridine rings is 1. The van der Waals surface area contributed by atoms with Crippen LogP contribution in [0.15, 0.2) is 18.3 Å². The highest BCUT2D eigenvalue weighted by Gasteiger charge is 2.25. The highest BCUT2D eigenvalue weighted by atomic mass is 16.4. The van der Waals surface area contributed by atoms with Crippen molar-refractivity contribution in [3.05, 3.63) is 23.9 Å². The molecule has 1 aromatic rings. The molecule has 1 saturated heterocycles. The van der Waals surface area contributed by atoms with Crippen molar-refractivity contribution in [1.82, 2.24) is 4.98 Å². The first-order valence-electron chi connectivity index (χ1n) is 5.65. The Morgan fingerprint density at radius 1 is 1.69 bits per heavy atom. The molecule has 1 aliphatic rings. The van der Waals surface area contributed by atoms with Crippen molar-refractivity contribution < 1.29 is 9.90 Å². The minimum Gasteiger partial charge on any atom is -0.478 e. The van der Waals surface area contributed by atoms with E-state index in [1.54, 1.807) is 18.3 Å². The van der Waals surface area contributed by atoms with Crippen LogP contribution in [-0.4, -0.2) is 29.1 Å². The maximum absolute atomic E-state index is 11.1. The summed E-state index contributed by atoms with van der Waals surface area (Å²) in [5.41, 5.74) is 0.305. The number of carbonyl (C=O) groups is 1. The lowest BCUT2D eigenvalue weighted by Crippen LogP contribution is -2.23. The molecule has 0 aliphatic carbocycles. The van der Waals surface area contributed by atoms with E-state index in [1.807, 2.05) is 0 Å². The van der Waals surface area contributed by atoms with Crippen molar-refractivity contribution in [3.63, 3.8) is 0 Å². The number of carboxylic acids is 1. The van der Waals surface area contributed by atoms with Crippen LogP contribution in [0.5, 0.6) is 0 Å². The molecule has 16 heavy (non-hydrogen) atoms. The third kappa shape index (κ3) is 2.01. The number of nitrogens with zero attached hydrogens (tertiary/aromatic N) is 2. The molecule has 4 nitrogen and oxygen atoms in total. The first-order valence-corrected chi connectivity index (χ1v) is 5.65. The molecule has 0 saturated carbocycles. The van der Waals surface area contributed by atoms with Gasteiger partial charge in [-0.2, -0.15) is 0 Å². The Kier molecular flexibility index (Phi) is 3.08. The zero-order valence-electron chi connectivity index (χ0n) is 9.39. The summed E-state index contributed by atoms with van der Waals surface area (Å²) < 4.78 is 0.